The number of rotatable bonds is 3. The molecule has 3 aromatic rings. The SMILES string of the molecule is NS(=O)(=O)c1cc(-c2ccc(Cl)s2)cc(C(F)(F)F)c1-n1cccn1. The number of thiophene rings is 1. The second-order valence-electron chi connectivity index (χ2n) is 4.97. The van der Waals surface area contributed by atoms with Gasteiger partial charge in [-0.2, -0.15) is 18.3 Å². The Bertz CT molecular complexity index is 1030. The van der Waals surface area contributed by atoms with E-state index in [1.165, 1.54) is 30.6 Å². The first kappa shape index (κ1) is 17.9. The van der Waals surface area contributed by atoms with Crippen molar-refractivity contribution >= 4 is 33.0 Å². The standard InChI is InChI=1S/C14H9ClF3N3O2S2/c15-12-3-2-10(24-12)8-6-9(14(16,17)18)13(21-5-1-4-20-21)11(7-8)25(19,22)23/h1-7H,(H2,19,22,23). The van der Waals surface area contributed by atoms with Gasteiger partial charge >= 0.3 is 6.18 Å². The Kier molecular flexibility index (Phi) is 4.40. The molecular formula is C14H9ClF3N3O2S2. The van der Waals surface area contributed by atoms with E-state index in [9.17, 15) is 21.6 Å². The van der Waals surface area contributed by atoms with Crippen LogP contribution in [-0.4, -0.2) is 18.2 Å². The first-order chi connectivity index (χ1) is 11.6. The summed E-state index contributed by atoms with van der Waals surface area (Å²) in [6, 6.07) is 6.33. The van der Waals surface area contributed by atoms with Crippen LogP contribution in [0.2, 0.25) is 4.34 Å². The zero-order valence-corrected chi connectivity index (χ0v) is 14.5. The van der Waals surface area contributed by atoms with E-state index in [-0.39, 0.29) is 5.56 Å². The van der Waals surface area contributed by atoms with Crippen molar-refractivity contribution in [2.75, 3.05) is 0 Å². The Hall–Kier alpha value is -1.88. The molecule has 2 aromatic heterocycles. The van der Waals surface area contributed by atoms with Crippen molar-refractivity contribution in [3.8, 4) is 16.1 Å². The second-order valence-corrected chi connectivity index (χ2v) is 8.21. The maximum atomic E-state index is 13.6. The molecule has 0 radical (unpaired) electrons. The maximum absolute atomic E-state index is 13.6. The summed E-state index contributed by atoms with van der Waals surface area (Å²) in [6.45, 7) is 0. The molecule has 2 N–H and O–H groups in total. The Balaban J connectivity index is 2.42. The number of sulfonamides is 1. The molecule has 0 aliphatic carbocycles. The Labute approximate surface area is 149 Å². The summed E-state index contributed by atoms with van der Waals surface area (Å²) >= 11 is 6.84. The van der Waals surface area contributed by atoms with Gasteiger partial charge in [-0.1, -0.05) is 11.6 Å². The van der Waals surface area contributed by atoms with Gasteiger partial charge in [0.2, 0.25) is 10.0 Å². The van der Waals surface area contributed by atoms with Crippen LogP contribution in [0.1, 0.15) is 5.56 Å². The zero-order chi connectivity index (χ0) is 18.4. The van der Waals surface area contributed by atoms with E-state index in [2.05, 4.69) is 5.10 Å². The van der Waals surface area contributed by atoms with Gasteiger partial charge in [0.25, 0.3) is 0 Å². The molecule has 5 nitrogen and oxygen atoms in total. The van der Waals surface area contributed by atoms with Gasteiger partial charge < -0.3 is 0 Å². The van der Waals surface area contributed by atoms with Gasteiger partial charge in [-0.15, -0.1) is 11.3 Å². The highest BCUT2D eigenvalue weighted by molar-refractivity contribution is 7.89. The summed E-state index contributed by atoms with van der Waals surface area (Å²) in [5.41, 5.74) is -1.77. The molecule has 0 atom stereocenters. The first-order valence-electron chi connectivity index (χ1n) is 6.61. The number of primary sulfonamides is 1. The van der Waals surface area contributed by atoms with E-state index in [0.717, 1.165) is 28.2 Å². The molecule has 0 saturated carbocycles. The molecule has 0 aliphatic heterocycles. The third-order valence-electron chi connectivity index (χ3n) is 3.28. The number of halogens is 4. The summed E-state index contributed by atoms with van der Waals surface area (Å²) in [5, 5.41) is 8.89. The van der Waals surface area contributed by atoms with E-state index >= 15 is 0 Å². The maximum Gasteiger partial charge on any atom is 0.418 e. The van der Waals surface area contributed by atoms with Gasteiger partial charge in [0.1, 0.15) is 4.90 Å². The van der Waals surface area contributed by atoms with Crippen LogP contribution in [0.4, 0.5) is 13.2 Å². The summed E-state index contributed by atoms with van der Waals surface area (Å²) in [5.74, 6) is 0. The van der Waals surface area contributed by atoms with Crippen LogP contribution in [-0.2, 0) is 16.2 Å². The van der Waals surface area contributed by atoms with E-state index in [1.807, 2.05) is 0 Å². The van der Waals surface area contributed by atoms with Crippen molar-refractivity contribution in [3.63, 3.8) is 0 Å². The smallest absolute Gasteiger partial charge is 0.239 e. The molecule has 25 heavy (non-hydrogen) atoms. The van der Waals surface area contributed by atoms with Crippen LogP contribution in [0.5, 0.6) is 0 Å². The van der Waals surface area contributed by atoms with Gasteiger partial charge in [-0.25, -0.2) is 18.2 Å². The molecule has 0 unspecified atom stereocenters. The quantitative estimate of drug-likeness (QED) is 0.714. The van der Waals surface area contributed by atoms with Crippen LogP contribution in [0, 0.1) is 0 Å². The van der Waals surface area contributed by atoms with E-state index < -0.39 is 32.3 Å². The Morgan fingerprint density at radius 3 is 2.44 bits per heavy atom. The van der Waals surface area contributed by atoms with Gasteiger partial charge in [-0.3, -0.25) is 0 Å². The molecule has 0 amide bonds. The average Bonchev–Trinajstić information content (AvgIpc) is 3.15. The molecule has 1 aromatic carbocycles. The lowest BCUT2D eigenvalue weighted by Gasteiger charge is -2.17. The number of alkyl halides is 3. The summed E-state index contributed by atoms with van der Waals surface area (Å²) < 4.78 is 65.9. The minimum Gasteiger partial charge on any atom is -0.239 e. The third kappa shape index (κ3) is 3.56. The number of benzene rings is 1. The van der Waals surface area contributed by atoms with Crippen molar-refractivity contribution in [2.45, 2.75) is 11.1 Å². The average molecular weight is 408 g/mol. The molecule has 0 fully saturated rings. The molecule has 2 heterocycles. The van der Waals surface area contributed by atoms with Gasteiger partial charge in [0.05, 0.1) is 15.6 Å². The molecule has 11 heteroatoms. The fourth-order valence-electron chi connectivity index (χ4n) is 2.29. The van der Waals surface area contributed by atoms with Crippen molar-refractivity contribution < 1.29 is 21.6 Å². The predicted molar refractivity (Wildman–Crippen MR) is 88.3 cm³/mol. The Morgan fingerprint density at radius 2 is 1.96 bits per heavy atom. The minimum atomic E-state index is -4.82. The van der Waals surface area contributed by atoms with Gasteiger partial charge in [-0.05, 0) is 35.9 Å². The number of nitrogens with two attached hydrogens (primary N) is 1. The number of nitrogens with zero attached hydrogens (tertiary/aromatic N) is 2. The highest BCUT2D eigenvalue weighted by atomic mass is 35.5. The molecule has 0 bridgehead atoms. The monoisotopic (exact) mass is 407 g/mol. The topological polar surface area (TPSA) is 78.0 Å². The van der Waals surface area contributed by atoms with Crippen molar-refractivity contribution in [1.82, 2.24) is 9.78 Å². The second kappa shape index (κ2) is 6.13. The summed E-state index contributed by atoms with van der Waals surface area (Å²) in [7, 11) is -4.46. The number of hydrogen-bond acceptors (Lipinski definition) is 4. The molecule has 132 valence electrons. The van der Waals surface area contributed by atoms with E-state index in [4.69, 9.17) is 16.7 Å². The number of aromatic nitrogens is 2. The van der Waals surface area contributed by atoms with Crippen LogP contribution in [0.3, 0.4) is 0 Å². The molecule has 0 aliphatic rings. The van der Waals surface area contributed by atoms with Gasteiger partial charge in [0, 0.05) is 17.3 Å². The summed E-state index contributed by atoms with van der Waals surface area (Å²) in [4.78, 5) is -0.294. The highest BCUT2D eigenvalue weighted by Gasteiger charge is 2.38. The van der Waals surface area contributed by atoms with Crippen LogP contribution in [0.25, 0.3) is 16.1 Å². The Morgan fingerprint density at radius 1 is 1.24 bits per heavy atom. The normalized spacial score (nSPS) is 12.5. The fraction of sp³-hybridized carbons (Fsp3) is 0.0714. The third-order valence-corrected chi connectivity index (χ3v) is 5.48. The van der Waals surface area contributed by atoms with Crippen LogP contribution >= 0.6 is 22.9 Å². The molecule has 0 saturated heterocycles. The van der Waals surface area contributed by atoms with Crippen LogP contribution in [0.15, 0.2) is 47.6 Å². The summed E-state index contributed by atoms with van der Waals surface area (Å²) in [6.07, 6.45) is -2.38. The predicted octanol–water partition coefficient (Wildman–Crippen LogP) is 3.92. The van der Waals surface area contributed by atoms with Crippen molar-refractivity contribution in [3.05, 3.63) is 52.6 Å². The lowest BCUT2D eigenvalue weighted by molar-refractivity contribution is -0.137. The first-order valence-corrected chi connectivity index (χ1v) is 9.35. The number of hydrogen-bond donors (Lipinski definition) is 1. The zero-order valence-electron chi connectivity index (χ0n) is 12.2. The minimum absolute atomic E-state index is 0.0455. The van der Waals surface area contributed by atoms with Gasteiger partial charge in [0.15, 0.2) is 0 Å². The largest absolute Gasteiger partial charge is 0.418 e. The lowest BCUT2D eigenvalue weighted by atomic mass is 10.1. The highest BCUT2D eigenvalue weighted by Crippen LogP contribution is 2.41. The van der Waals surface area contributed by atoms with Crippen LogP contribution < -0.4 is 5.14 Å². The molecular weight excluding hydrogens is 399 g/mol. The fourth-order valence-corrected chi connectivity index (χ4v) is 4.08. The lowest BCUT2D eigenvalue weighted by Crippen LogP contribution is -2.20. The molecule has 3 rings (SSSR count). The van der Waals surface area contributed by atoms with E-state index in [1.54, 1.807) is 0 Å². The van der Waals surface area contributed by atoms with E-state index in [0.29, 0.717) is 9.21 Å². The molecule has 0 spiro atoms. The van der Waals surface area contributed by atoms with Crippen molar-refractivity contribution in [1.29, 1.82) is 0 Å². The van der Waals surface area contributed by atoms with Crippen molar-refractivity contribution in [2.24, 2.45) is 5.14 Å².